The van der Waals surface area contributed by atoms with E-state index in [1.54, 1.807) is 25.1 Å². The Bertz CT molecular complexity index is 985. The molecule has 1 N–H and O–H groups in total. The van der Waals surface area contributed by atoms with Crippen molar-refractivity contribution in [1.29, 1.82) is 0 Å². The van der Waals surface area contributed by atoms with Crippen LogP contribution >= 0.6 is 0 Å². The molecular formula is C19H21NO6S. The molecule has 0 spiro atoms. The molecule has 7 nitrogen and oxygen atoms in total. The Balaban J connectivity index is 1.68. The number of carbonyl (C=O) groups is 2. The molecule has 2 aromatic rings. The lowest BCUT2D eigenvalue weighted by molar-refractivity contribution is -0.136. The van der Waals surface area contributed by atoms with E-state index in [1.807, 2.05) is 12.1 Å². The summed E-state index contributed by atoms with van der Waals surface area (Å²) in [5.74, 6) is -1.45. The molecule has 0 saturated carbocycles. The highest BCUT2D eigenvalue weighted by Crippen LogP contribution is 2.29. The number of hydrogen-bond acceptors (Lipinski definition) is 6. The van der Waals surface area contributed by atoms with Crippen LogP contribution in [0.25, 0.3) is 10.8 Å². The molecule has 0 aliphatic carbocycles. The van der Waals surface area contributed by atoms with E-state index in [4.69, 9.17) is 4.74 Å². The van der Waals surface area contributed by atoms with Gasteiger partial charge in [0, 0.05) is 18.0 Å². The maximum atomic E-state index is 12.4. The third-order valence-corrected chi connectivity index (χ3v) is 6.51. The molecule has 0 radical (unpaired) electrons. The van der Waals surface area contributed by atoms with Gasteiger partial charge in [-0.15, -0.1) is 0 Å². The molecule has 1 atom stereocenters. The van der Waals surface area contributed by atoms with Crippen molar-refractivity contribution in [3.8, 4) is 5.75 Å². The summed E-state index contributed by atoms with van der Waals surface area (Å²) in [6, 6.07) is 9.81. The summed E-state index contributed by atoms with van der Waals surface area (Å²) < 4.78 is 28.3. The van der Waals surface area contributed by atoms with E-state index in [-0.39, 0.29) is 28.9 Å². The maximum absolute atomic E-state index is 12.4. The predicted octanol–water partition coefficient (Wildman–Crippen LogP) is 1.74. The van der Waals surface area contributed by atoms with Crippen LogP contribution in [0, 0.1) is 0 Å². The Labute approximate surface area is 157 Å². The molecule has 0 unspecified atom stereocenters. The van der Waals surface area contributed by atoms with Crippen molar-refractivity contribution in [1.82, 2.24) is 4.90 Å². The van der Waals surface area contributed by atoms with Crippen molar-refractivity contribution < 1.29 is 27.9 Å². The number of amides is 1. The van der Waals surface area contributed by atoms with Crippen molar-refractivity contribution in [2.24, 2.45) is 0 Å². The molecule has 1 aliphatic rings. The first-order valence-corrected chi connectivity index (χ1v) is 10.5. The van der Waals surface area contributed by atoms with Crippen molar-refractivity contribution in [2.45, 2.75) is 19.4 Å². The van der Waals surface area contributed by atoms with E-state index in [9.17, 15) is 23.1 Å². The third-order valence-electron chi connectivity index (χ3n) is 4.76. The van der Waals surface area contributed by atoms with Gasteiger partial charge in [0.1, 0.15) is 11.3 Å². The normalized spacial score (nSPS) is 18.3. The number of sulfone groups is 1. The Hall–Kier alpha value is -2.61. The van der Waals surface area contributed by atoms with E-state index in [1.165, 1.54) is 11.0 Å². The molecular weight excluding hydrogens is 370 g/mol. The second-order valence-corrected chi connectivity index (χ2v) is 8.72. The Morgan fingerprint density at radius 2 is 1.96 bits per heavy atom. The number of rotatable bonds is 5. The molecule has 1 fully saturated rings. The monoisotopic (exact) mass is 391 g/mol. The van der Waals surface area contributed by atoms with Crippen molar-refractivity contribution in [3.63, 3.8) is 0 Å². The number of phenols is 1. The van der Waals surface area contributed by atoms with Gasteiger partial charge < -0.3 is 14.7 Å². The zero-order valence-corrected chi connectivity index (χ0v) is 15.7. The van der Waals surface area contributed by atoms with Crippen molar-refractivity contribution in [3.05, 3.63) is 42.0 Å². The molecule has 1 aliphatic heterocycles. The molecule has 144 valence electrons. The second-order valence-electron chi connectivity index (χ2n) is 6.50. The largest absolute Gasteiger partial charge is 0.506 e. The highest BCUT2D eigenvalue weighted by Gasteiger charge is 2.34. The van der Waals surface area contributed by atoms with E-state index in [0.717, 1.165) is 5.39 Å². The number of aromatic hydroxyl groups is 1. The smallest absolute Gasteiger partial charge is 0.342 e. The zero-order valence-electron chi connectivity index (χ0n) is 14.9. The summed E-state index contributed by atoms with van der Waals surface area (Å²) in [6.07, 6.45) is 0.390. The van der Waals surface area contributed by atoms with Gasteiger partial charge in [-0.1, -0.05) is 30.3 Å². The van der Waals surface area contributed by atoms with Gasteiger partial charge in [-0.05, 0) is 24.8 Å². The summed E-state index contributed by atoms with van der Waals surface area (Å²) in [6.45, 7) is 1.58. The molecule has 3 rings (SSSR count). The van der Waals surface area contributed by atoms with Gasteiger partial charge in [-0.2, -0.15) is 0 Å². The van der Waals surface area contributed by atoms with Crippen LogP contribution in [0.15, 0.2) is 36.4 Å². The number of nitrogens with zero attached hydrogens (tertiary/aromatic N) is 1. The van der Waals surface area contributed by atoms with Crippen LogP contribution in [0.1, 0.15) is 23.7 Å². The molecule has 0 bridgehead atoms. The van der Waals surface area contributed by atoms with Crippen LogP contribution in [0.4, 0.5) is 0 Å². The topological polar surface area (TPSA) is 101 Å². The van der Waals surface area contributed by atoms with E-state index in [0.29, 0.717) is 18.4 Å². The maximum Gasteiger partial charge on any atom is 0.342 e. The predicted molar refractivity (Wildman–Crippen MR) is 100 cm³/mol. The fraction of sp³-hybridized carbons (Fsp3) is 0.368. The summed E-state index contributed by atoms with van der Waals surface area (Å²) in [5.41, 5.74) is -0.0204. The lowest BCUT2D eigenvalue weighted by Gasteiger charge is -2.26. The number of carbonyl (C=O) groups excluding carboxylic acids is 2. The third kappa shape index (κ3) is 4.05. The lowest BCUT2D eigenvalue weighted by Crippen LogP contribution is -2.43. The van der Waals surface area contributed by atoms with Crippen LogP contribution in [-0.4, -0.2) is 61.0 Å². The summed E-state index contributed by atoms with van der Waals surface area (Å²) in [4.78, 5) is 26.1. The molecule has 1 saturated heterocycles. The van der Waals surface area contributed by atoms with Crippen LogP contribution < -0.4 is 0 Å². The standard InChI is InChI=1S/C19H21NO6S/c1-2-20(14-9-10-27(24,25)12-14)17(21)11-26-19(23)16-8-7-13-5-3-4-6-15(13)18(16)22/h3-8,14,22H,2,9-12H2,1H3/t14-/m0/s1. The van der Waals surface area contributed by atoms with Crippen molar-refractivity contribution >= 4 is 32.5 Å². The molecule has 2 aromatic carbocycles. The molecule has 1 amide bonds. The highest BCUT2D eigenvalue weighted by molar-refractivity contribution is 7.91. The van der Waals surface area contributed by atoms with E-state index in [2.05, 4.69) is 0 Å². The van der Waals surface area contributed by atoms with Crippen molar-refractivity contribution in [2.75, 3.05) is 24.7 Å². The Kier molecular flexibility index (Phi) is 5.36. The number of phenolic OH excluding ortho intramolecular Hbond substituents is 1. The number of likely N-dealkylation sites (N-methyl/N-ethyl adjacent to an activating group) is 1. The zero-order chi connectivity index (χ0) is 19.6. The highest BCUT2D eigenvalue weighted by atomic mass is 32.2. The molecule has 8 heteroatoms. The summed E-state index contributed by atoms with van der Waals surface area (Å²) in [5, 5.41) is 11.6. The fourth-order valence-electron chi connectivity index (χ4n) is 3.37. The number of ether oxygens (including phenoxy) is 1. The minimum Gasteiger partial charge on any atom is -0.506 e. The number of esters is 1. The quantitative estimate of drug-likeness (QED) is 0.779. The first kappa shape index (κ1) is 19.2. The van der Waals surface area contributed by atoms with Gasteiger partial charge in [-0.3, -0.25) is 4.79 Å². The molecule has 27 heavy (non-hydrogen) atoms. The minimum absolute atomic E-state index is 0.0204. The van der Waals surface area contributed by atoms with E-state index >= 15 is 0 Å². The second kappa shape index (κ2) is 7.56. The van der Waals surface area contributed by atoms with E-state index < -0.39 is 28.3 Å². The lowest BCUT2D eigenvalue weighted by atomic mass is 10.1. The Morgan fingerprint density at radius 1 is 1.22 bits per heavy atom. The first-order valence-electron chi connectivity index (χ1n) is 8.70. The summed E-state index contributed by atoms with van der Waals surface area (Å²) in [7, 11) is -3.12. The van der Waals surface area contributed by atoms with Gasteiger partial charge in [0.25, 0.3) is 5.91 Å². The van der Waals surface area contributed by atoms with Crippen LogP contribution in [-0.2, 0) is 19.4 Å². The fourth-order valence-corrected chi connectivity index (χ4v) is 5.10. The SMILES string of the molecule is CCN(C(=O)COC(=O)c1ccc2ccccc2c1O)[C@H]1CCS(=O)(=O)C1. The van der Waals surface area contributed by atoms with Gasteiger partial charge in [0.15, 0.2) is 16.4 Å². The van der Waals surface area contributed by atoms with Gasteiger partial charge >= 0.3 is 5.97 Å². The van der Waals surface area contributed by atoms with Crippen LogP contribution in [0.3, 0.4) is 0 Å². The van der Waals surface area contributed by atoms with Gasteiger partial charge in [0.2, 0.25) is 0 Å². The average Bonchev–Trinajstić information content (AvgIpc) is 3.00. The summed E-state index contributed by atoms with van der Waals surface area (Å²) >= 11 is 0. The van der Waals surface area contributed by atoms with Gasteiger partial charge in [-0.25, -0.2) is 13.2 Å². The molecule has 0 aromatic heterocycles. The number of fused-ring (bicyclic) bond motifs is 1. The Morgan fingerprint density at radius 3 is 2.63 bits per heavy atom. The average molecular weight is 391 g/mol. The van der Waals surface area contributed by atoms with Crippen LogP contribution in [0.2, 0.25) is 0 Å². The number of benzene rings is 2. The van der Waals surface area contributed by atoms with Crippen LogP contribution in [0.5, 0.6) is 5.75 Å². The number of hydrogen-bond donors (Lipinski definition) is 1. The van der Waals surface area contributed by atoms with Gasteiger partial charge in [0.05, 0.1) is 11.5 Å². The first-order chi connectivity index (χ1) is 12.8. The minimum atomic E-state index is -3.12. The molecule has 1 heterocycles.